The fourth-order valence-electron chi connectivity index (χ4n) is 4.66. The predicted molar refractivity (Wildman–Crippen MR) is 136 cm³/mol. The van der Waals surface area contributed by atoms with E-state index >= 15 is 0 Å². The number of sulfonamides is 1. The van der Waals surface area contributed by atoms with E-state index in [2.05, 4.69) is 14.7 Å². The number of aromatic nitrogens is 2. The maximum absolute atomic E-state index is 13.5. The van der Waals surface area contributed by atoms with E-state index in [0.29, 0.717) is 64.6 Å². The molecule has 2 aliphatic rings. The van der Waals surface area contributed by atoms with Gasteiger partial charge in [-0.05, 0) is 17.7 Å². The SMILES string of the molecule is CS(=O)(=O)Nc1ccn(C(=O)N2CCN(Cc3ccc(C(F)(F)F)cc3N3CCN(CC(=O)O)CC3)CC2)n1. The van der Waals surface area contributed by atoms with E-state index in [-0.39, 0.29) is 12.4 Å². The average Bonchev–Trinajstić information content (AvgIpc) is 3.30. The lowest BCUT2D eigenvalue weighted by Gasteiger charge is -2.38. The van der Waals surface area contributed by atoms with E-state index in [1.807, 2.05) is 4.90 Å². The Hall–Kier alpha value is -3.37. The van der Waals surface area contributed by atoms with E-state index in [9.17, 15) is 31.2 Å². The van der Waals surface area contributed by atoms with Crippen molar-refractivity contribution >= 4 is 33.5 Å². The Morgan fingerprint density at radius 1 is 1.00 bits per heavy atom. The molecule has 214 valence electrons. The first-order chi connectivity index (χ1) is 18.3. The number of halogens is 3. The number of carboxylic acid groups (broad SMARTS) is 1. The van der Waals surface area contributed by atoms with Gasteiger partial charge in [0.15, 0.2) is 5.82 Å². The zero-order valence-corrected chi connectivity index (χ0v) is 22.1. The Labute approximate surface area is 223 Å². The van der Waals surface area contributed by atoms with Crippen LogP contribution in [0.3, 0.4) is 0 Å². The highest BCUT2D eigenvalue weighted by Gasteiger charge is 2.33. The summed E-state index contributed by atoms with van der Waals surface area (Å²) < 4.78 is 66.5. The maximum Gasteiger partial charge on any atom is 0.416 e. The van der Waals surface area contributed by atoms with Crippen molar-refractivity contribution in [2.45, 2.75) is 12.7 Å². The fourth-order valence-corrected chi connectivity index (χ4v) is 5.15. The topological polar surface area (TPSA) is 131 Å². The minimum atomic E-state index is -4.49. The number of hydrogen-bond acceptors (Lipinski definition) is 8. The highest BCUT2D eigenvalue weighted by Crippen LogP contribution is 2.34. The molecule has 0 aliphatic carbocycles. The molecule has 0 spiro atoms. The molecule has 0 radical (unpaired) electrons. The standard InChI is InChI=1S/C23H30F3N7O5S/c1-39(37,38)28-20-4-5-33(27-20)22(36)32-12-8-29(9-13-32)15-17-2-3-18(23(24,25)26)14-19(17)31-10-6-30(7-11-31)16-21(34)35/h2-5,14H,6-13,15-16H2,1H3,(H,27,28)(H,34,35). The number of benzene rings is 1. The van der Waals surface area contributed by atoms with Crippen molar-refractivity contribution in [3.63, 3.8) is 0 Å². The quantitative estimate of drug-likeness (QED) is 0.503. The number of carboxylic acids is 1. The molecule has 16 heteroatoms. The second-order valence-corrected chi connectivity index (χ2v) is 11.3. The van der Waals surface area contributed by atoms with Crippen molar-refractivity contribution in [1.82, 2.24) is 24.5 Å². The summed E-state index contributed by atoms with van der Waals surface area (Å²) in [5.41, 5.74) is 0.451. The van der Waals surface area contributed by atoms with Gasteiger partial charge in [-0.25, -0.2) is 13.2 Å². The van der Waals surface area contributed by atoms with E-state index in [1.165, 1.54) is 18.3 Å². The molecule has 1 aromatic carbocycles. The van der Waals surface area contributed by atoms with Gasteiger partial charge >= 0.3 is 18.2 Å². The molecular formula is C23H30F3N7O5S. The first kappa shape index (κ1) is 28.6. The van der Waals surface area contributed by atoms with Crippen molar-refractivity contribution < 1.29 is 36.3 Å². The van der Waals surface area contributed by atoms with Gasteiger partial charge in [0.1, 0.15) is 0 Å². The second kappa shape index (κ2) is 11.4. The molecular weight excluding hydrogens is 543 g/mol. The van der Waals surface area contributed by atoms with Gasteiger partial charge in [-0.15, -0.1) is 5.10 Å². The number of nitrogens with one attached hydrogen (secondary N) is 1. The van der Waals surface area contributed by atoms with Crippen LogP contribution in [0.1, 0.15) is 11.1 Å². The first-order valence-corrected chi connectivity index (χ1v) is 14.1. The van der Waals surface area contributed by atoms with Crippen molar-refractivity contribution in [1.29, 1.82) is 0 Å². The average molecular weight is 574 g/mol. The number of aliphatic carboxylic acids is 1. The summed E-state index contributed by atoms with van der Waals surface area (Å²) in [5.74, 6) is -0.914. The Bertz CT molecular complexity index is 1300. The molecule has 0 unspecified atom stereocenters. The minimum absolute atomic E-state index is 0.0307. The second-order valence-electron chi connectivity index (χ2n) is 9.56. The van der Waals surface area contributed by atoms with E-state index in [1.54, 1.807) is 9.80 Å². The van der Waals surface area contributed by atoms with Crippen molar-refractivity contribution in [2.75, 3.05) is 74.8 Å². The molecule has 0 bridgehead atoms. The van der Waals surface area contributed by atoms with Crippen LogP contribution in [0.2, 0.25) is 0 Å². The van der Waals surface area contributed by atoms with Gasteiger partial charge in [0.05, 0.1) is 18.4 Å². The summed E-state index contributed by atoms with van der Waals surface area (Å²) in [6.07, 6.45) is -2.14. The monoisotopic (exact) mass is 573 g/mol. The van der Waals surface area contributed by atoms with Gasteiger partial charge < -0.3 is 14.9 Å². The lowest BCUT2D eigenvalue weighted by molar-refractivity contribution is -0.139. The molecule has 1 aromatic heterocycles. The molecule has 0 atom stereocenters. The molecule has 2 fully saturated rings. The van der Waals surface area contributed by atoms with Gasteiger partial charge in [-0.3, -0.25) is 19.3 Å². The zero-order chi connectivity index (χ0) is 28.4. The number of amides is 1. The third-order valence-corrected chi connectivity index (χ3v) is 7.18. The van der Waals surface area contributed by atoms with Crippen molar-refractivity contribution in [3.8, 4) is 0 Å². The lowest BCUT2D eigenvalue weighted by atomic mass is 10.1. The third kappa shape index (κ3) is 7.60. The summed E-state index contributed by atoms with van der Waals surface area (Å²) in [6.45, 7) is 3.62. The lowest BCUT2D eigenvalue weighted by Crippen LogP contribution is -2.50. The first-order valence-electron chi connectivity index (χ1n) is 12.2. The maximum atomic E-state index is 13.5. The Kier molecular flexibility index (Phi) is 8.37. The molecule has 2 N–H and O–H groups in total. The highest BCUT2D eigenvalue weighted by atomic mass is 32.2. The van der Waals surface area contributed by atoms with E-state index < -0.39 is 33.8 Å². The van der Waals surface area contributed by atoms with Gasteiger partial charge in [0.25, 0.3) is 0 Å². The number of anilines is 2. The molecule has 4 rings (SSSR count). The van der Waals surface area contributed by atoms with Crippen LogP contribution in [0.5, 0.6) is 0 Å². The summed E-state index contributed by atoms with van der Waals surface area (Å²) in [7, 11) is -3.53. The fraction of sp³-hybridized carbons (Fsp3) is 0.522. The number of carbonyl (C=O) groups is 2. The van der Waals surface area contributed by atoms with Crippen LogP contribution in [0, 0.1) is 0 Å². The van der Waals surface area contributed by atoms with Crippen LogP contribution in [-0.4, -0.2) is 115 Å². The van der Waals surface area contributed by atoms with Crippen LogP contribution >= 0.6 is 0 Å². The van der Waals surface area contributed by atoms with E-state index in [4.69, 9.17) is 5.11 Å². The van der Waals surface area contributed by atoms with Crippen molar-refractivity contribution in [2.24, 2.45) is 0 Å². The number of rotatable bonds is 7. The summed E-state index contributed by atoms with van der Waals surface area (Å²) in [5, 5.41) is 13.0. The number of alkyl halides is 3. The van der Waals surface area contributed by atoms with E-state index in [0.717, 1.165) is 28.6 Å². The molecule has 2 aliphatic heterocycles. The summed E-state index contributed by atoms with van der Waals surface area (Å²) in [4.78, 5) is 31.1. The molecule has 3 heterocycles. The molecule has 1 amide bonds. The normalized spacial score (nSPS) is 17.8. The van der Waals surface area contributed by atoms with Crippen molar-refractivity contribution in [3.05, 3.63) is 41.6 Å². The molecule has 39 heavy (non-hydrogen) atoms. The van der Waals surface area contributed by atoms with Gasteiger partial charge in [0.2, 0.25) is 10.0 Å². The number of hydrogen-bond donors (Lipinski definition) is 2. The number of piperazine rings is 2. The predicted octanol–water partition coefficient (Wildman–Crippen LogP) is 1.27. The highest BCUT2D eigenvalue weighted by molar-refractivity contribution is 7.92. The molecule has 0 saturated carbocycles. The summed E-state index contributed by atoms with van der Waals surface area (Å²) in [6, 6.07) is 4.67. The third-order valence-electron chi connectivity index (χ3n) is 6.60. The van der Waals surface area contributed by atoms with Crippen LogP contribution in [0.25, 0.3) is 0 Å². The largest absolute Gasteiger partial charge is 0.480 e. The van der Waals surface area contributed by atoms with Crippen LogP contribution in [0.4, 0.5) is 29.5 Å². The zero-order valence-electron chi connectivity index (χ0n) is 21.3. The number of carbonyl (C=O) groups excluding carboxylic acids is 1. The number of nitrogens with zero attached hydrogens (tertiary/aromatic N) is 6. The molecule has 12 nitrogen and oxygen atoms in total. The summed E-state index contributed by atoms with van der Waals surface area (Å²) >= 11 is 0. The smallest absolute Gasteiger partial charge is 0.416 e. The Balaban J connectivity index is 1.41. The molecule has 2 aromatic rings. The van der Waals surface area contributed by atoms with Crippen LogP contribution in [-0.2, 0) is 27.5 Å². The van der Waals surface area contributed by atoms with Gasteiger partial charge in [-0.1, -0.05) is 6.07 Å². The Morgan fingerprint density at radius 3 is 2.23 bits per heavy atom. The van der Waals surface area contributed by atoms with Crippen LogP contribution in [0.15, 0.2) is 30.5 Å². The molecule has 2 saturated heterocycles. The minimum Gasteiger partial charge on any atom is -0.480 e. The van der Waals surface area contributed by atoms with Gasteiger partial charge in [0, 0.05) is 76.9 Å². The van der Waals surface area contributed by atoms with Crippen LogP contribution < -0.4 is 9.62 Å². The Morgan fingerprint density at radius 2 is 1.64 bits per heavy atom. The van der Waals surface area contributed by atoms with Gasteiger partial charge in [-0.2, -0.15) is 17.9 Å².